The number of halogens is 3. The van der Waals surface area contributed by atoms with Crippen LogP contribution in [0, 0.1) is 11.3 Å². The highest BCUT2D eigenvalue weighted by atomic mass is 19.4. The van der Waals surface area contributed by atoms with Crippen molar-refractivity contribution < 1.29 is 22.7 Å². The zero-order valence-corrected chi connectivity index (χ0v) is 21.9. The Bertz CT molecular complexity index is 1110. The average Bonchev–Trinajstić information content (AvgIpc) is 2.93. The minimum absolute atomic E-state index is 0.0228. The smallest absolute Gasteiger partial charge is 0.382 e. The predicted molar refractivity (Wildman–Crippen MR) is 141 cm³/mol. The van der Waals surface area contributed by atoms with Crippen LogP contribution in [-0.2, 0) is 22.1 Å². The normalized spacial score (nSPS) is 20.7. The van der Waals surface area contributed by atoms with Gasteiger partial charge in [-0.1, -0.05) is 37.6 Å². The van der Waals surface area contributed by atoms with Crippen molar-refractivity contribution >= 4 is 11.6 Å². The summed E-state index contributed by atoms with van der Waals surface area (Å²) in [6, 6.07) is 14.3. The van der Waals surface area contributed by atoms with Crippen molar-refractivity contribution in [3.05, 3.63) is 64.7 Å². The van der Waals surface area contributed by atoms with E-state index in [1.54, 1.807) is 6.07 Å². The number of likely N-dealkylation sites (tertiary alicyclic amines) is 1. The van der Waals surface area contributed by atoms with Gasteiger partial charge in [-0.25, -0.2) is 0 Å². The maximum Gasteiger partial charge on any atom is 0.417 e. The average molecular weight is 528 g/mol. The fraction of sp³-hybridized carbons (Fsp3) is 0.533. The SMILES string of the molecule is CCCc1ccc(C2CCN(C(=O)CO[C@H]3CC[C@H](Nc4ccc(C#N)c(C(F)(F)F)c4)CC3)CC2)cc1. The zero-order valence-electron chi connectivity index (χ0n) is 21.9. The van der Waals surface area contributed by atoms with E-state index in [4.69, 9.17) is 10.00 Å². The Hall–Kier alpha value is -3.05. The van der Waals surface area contributed by atoms with Crippen LogP contribution in [0.25, 0.3) is 0 Å². The molecule has 2 aliphatic rings. The number of piperidine rings is 1. The molecule has 0 aromatic heterocycles. The fourth-order valence-corrected chi connectivity index (χ4v) is 5.56. The van der Waals surface area contributed by atoms with Crippen molar-refractivity contribution in [3.8, 4) is 6.07 Å². The van der Waals surface area contributed by atoms with E-state index >= 15 is 0 Å². The standard InChI is InChI=1S/C30H36F3N3O2/c1-2-3-21-4-6-22(7-5-21)23-14-16-36(17-15-23)29(37)20-38-27-12-10-25(11-13-27)35-26-9-8-24(19-34)28(18-26)30(31,32)33/h4-9,18,23,25,27,35H,2-3,10-17,20H2,1H3/t25-,27-. The molecule has 38 heavy (non-hydrogen) atoms. The molecule has 204 valence electrons. The van der Waals surface area contributed by atoms with Crippen LogP contribution in [-0.4, -0.2) is 42.6 Å². The second-order valence-corrected chi connectivity index (χ2v) is 10.4. The summed E-state index contributed by atoms with van der Waals surface area (Å²) in [5, 5.41) is 12.1. The first-order chi connectivity index (χ1) is 18.3. The predicted octanol–water partition coefficient (Wildman–Crippen LogP) is 6.68. The van der Waals surface area contributed by atoms with Crippen molar-refractivity contribution in [3.63, 3.8) is 0 Å². The van der Waals surface area contributed by atoms with Crippen LogP contribution < -0.4 is 5.32 Å². The third kappa shape index (κ3) is 7.28. The number of nitriles is 1. The van der Waals surface area contributed by atoms with Crippen LogP contribution >= 0.6 is 0 Å². The van der Waals surface area contributed by atoms with Crippen LogP contribution in [0.5, 0.6) is 0 Å². The van der Waals surface area contributed by atoms with Crippen LogP contribution in [0.4, 0.5) is 18.9 Å². The van der Waals surface area contributed by atoms with Gasteiger partial charge in [0.1, 0.15) is 6.61 Å². The maximum absolute atomic E-state index is 13.2. The second kappa shape index (κ2) is 12.7. The number of rotatable bonds is 8. The number of benzene rings is 2. The van der Waals surface area contributed by atoms with Gasteiger partial charge >= 0.3 is 6.18 Å². The topological polar surface area (TPSA) is 65.4 Å². The molecule has 2 aromatic rings. The van der Waals surface area contributed by atoms with Crippen LogP contribution in [0.1, 0.15) is 80.0 Å². The number of nitrogens with zero attached hydrogens (tertiary/aromatic N) is 2. The summed E-state index contributed by atoms with van der Waals surface area (Å²) >= 11 is 0. The number of nitrogens with one attached hydrogen (secondary N) is 1. The van der Waals surface area contributed by atoms with Crippen molar-refractivity contribution in [1.29, 1.82) is 5.26 Å². The molecule has 1 N–H and O–H groups in total. The molecule has 2 aromatic carbocycles. The van der Waals surface area contributed by atoms with Crippen molar-refractivity contribution in [1.82, 2.24) is 4.90 Å². The van der Waals surface area contributed by atoms with Crippen LogP contribution in [0.2, 0.25) is 0 Å². The highest BCUT2D eigenvalue weighted by Gasteiger charge is 2.34. The molecular formula is C30H36F3N3O2. The molecule has 0 atom stereocenters. The molecule has 0 unspecified atom stereocenters. The Morgan fingerprint density at radius 1 is 1.05 bits per heavy atom. The van der Waals surface area contributed by atoms with E-state index in [2.05, 4.69) is 36.5 Å². The summed E-state index contributed by atoms with van der Waals surface area (Å²) in [6.45, 7) is 3.74. The lowest BCUT2D eigenvalue weighted by Gasteiger charge is -2.33. The Labute approximate surface area is 223 Å². The highest BCUT2D eigenvalue weighted by Crippen LogP contribution is 2.34. The molecule has 2 fully saturated rings. The van der Waals surface area contributed by atoms with Gasteiger partial charge in [-0.05, 0) is 80.2 Å². The number of hydrogen-bond acceptors (Lipinski definition) is 4. The molecule has 1 aliphatic heterocycles. The summed E-state index contributed by atoms with van der Waals surface area (Å²) < 4.78 is 45.6. The van der Waals surface area contributed by atoms with E-state index in [9.17, 15) is 18.0 Å². The first-order valence-corrected chi connectivity index (χ1v) is 13.6. The van der Waals surface area contributed by atoms with Gasteiger partial charge in [0.05, 0.1) is 23.3 Å². The Kier molecular flexibility index (Phi) is 9.32. The summed E-state index contributed by atoms with van der Waals surface area (Å²) in [5.41, 5.74) is 1.78. The number of ether oxygens (including phenoxy) is 1. The monoisotopic (exact) mass is 527 g/mol. The van der Waals surface area contributed by atoms with E-state index in [1.807, 2.05) is 4.90 Å². The van der Waals surface area contributed by atoms with E-state index in [0.717, 1.165) is 70.5 Å². The molecule has 1 saturated carbocycles. The second-order valence-electron chi connectivity index (χ2n) is 10.4. The molecule has 4 rings (SSSR count). The largest absolute Gasteiger partial charge is 0.417 e. The van der Waals surface area contributed by atoms with Crippen molar-refractivity contribution in [2.45, 2.75) is 82.5 Å². The minimum Gasteiger partial charge on any atom is -0.382 e. The number of carbonyl (C=O) groups excluding carboxylic acids is 1. The molecule has 0 radical (unpaired) electrons. The number of anilines is 1. The summed E-state index contributed by atoms with van der Waals surface area (Å²) in [4.78, 5) is 14.6. The molecule has 0 spiro atoms. The zero-order chi connectivity index (χ0) is 27.1. The molecule has 8 heteroatoms. The van der Waals surface area contributed by atoms with Crippen LogP contribution in [0.3, 0.4) is 0 Å². The van der Waals surface area contributed by atoms with Gasteiger partial charge in [0.25, 0.3) is 0 Å². The summed E-state index contributed by atoms with van der Waals surface area (Å²) in [7, 11) is 0. The Morgan fingerprint density at radius 3 is 2.34 bits per heavy atom. The molecule has 1 heterocycles. The van der Waals surface area contributed by atoms with Gasteiger partial charge in [-0.15, -0.1) is 0 Å². The molecule has 5 nitrogen and oxygen atoms in total. The third-order valence-electron chi connectivity index (χ3n) is 7.77. The quantitative estimate of drug-likeness (QED) is 0.416. The van der Waals surface area contributed by atoms with Gasteiger partial charge in [-0.3, -0.25) is 4.79 Å². The highest BCUT2D eigenvalue weighted by molar-refractivity contribution is 5.77. The van der Waals surface area contributed by atoms with E-state index in [0.29, 0.717) is 11.6 Å². The van der Waals surface area contributed by atoms with Gasteiger partial charge in [-0.2, -0.15) is 18.4 Å². The summed E-state index contributed by atoms with van der Waals surface area (Å²) in [6.07, 6.45) is 2.52. The van der Waals surface area contributed by atoms with E-state index in [-0.39, 0.29) is 30.2 Å². The maximum atomic E-state index is 13.2. The lowest BCUT2D eigenvalue weighted by atomic mass is 9.88. The van der Waals surface area contributed by atoms with Crippen LogP contribution in [0.15, 0.2) is 42.5 Å². The first kappa shape index (κ1) is 28.0. The van der Waals surface area contributed by atoms with Gasteiger partial charge in [0.15, 0.2) is 0 Å². The third-order valence-corrected chi connectivity index (χ3v) is 7.77. The molecule has 1 saturated heterocycles. The summed E-state index contributed by atoms with van der Waals surface area (Å²) in [5.74, 6) is 0.515. The number of aryl methyl sites for hydroxylation is 1. The van der Waals surface area contributed by atoms with Gasteiger partial charge in [0.2, 0.25) is 5.91 Å². The van der Waals surface area contributed by atoms with Crippen molar-refractivity contribution in [2.75, 3.05) is 25.0 Å². The number of alkyl halides is 3. The molecular weight excluding hydrogens is 491 g/mol. The first-order valence-electron chi connectivity index (χ1n) is 13.6. The van der Waals surface area contributed by atoms with E-state index in [1.165, 1.54) is 23.3 Å². The van der Waals surface area contributed by atoms with Crippen molar-refractivity contribution in [2.24, 2.45) is 0 Å². The minimum atomic E-state index is -4.57. The number of amides is 1. The van der Waals surface area contributed by atoms with Gasteiger partial charge in [0, 0.05) is 24.8 Å². The number of carbonyl (C=O) groups is 1. The molecule has 0 bridgehead atoms. The lowest BCUT2D eigenvalue weighted by molar-refractivity contribution is -0.140. The Balaban J connectivity index is 1.18. The van der Waals surface area contributed by atoms with E-state index < -0.39 is 11.7 Å². The lowest BCUT2D eigenvalue weighted by Crippen LogP contribution is -2.41. The molecule has 1 amide bonds. The molecule has 1 aliphatic carbocycles. The number of hydrogen-bond donors (Lipinski definition) is 1. The fourth-order valence-electron chi connectivity index (χ4n) is 5.56. The van der Waals surface area contributed by atoms with Gasteiger partial charge < -0.3 is 15.0 Å². The Morgan fingerprint density at radius 2 is 1.74 bits per heavy atom.